The minimum atomic E-state index is -1.18. The van der Waals surface area contributed by atoms with Gasteiger partial charge in [-0.1, -0.05) is 36.4 Å². The van der Waals surface area contributed by atoms with Crippen molar-refractivity contribution in [1.29, 1.82) is 0 Å². The number of hydrogen-bond acceptors (Lipinski definition) is 8. The lowest BCUT2D eigenvalue weighted by molar-refractivity contribution is -0.142. The second-order valence-electron chi connectivity index (χ2n) is 8.59. The number of carbonyl (C=O) groups is 2. The van der Waals surface area contributed by atoms with Gasteiger partial charge < -0.3 is 34.2 Å². The van der Waals surface area contributed by atoms with Gasteiger partial charge in [-0.05, 0) is 23.3 Å². The van der Waals surface area contributed by atoms with Crippen LogP contribution in [0.15, 0.2) is 76.1 Å². The number of rotatable bonds is 8. The zero-order valence-corrected chi connectivity index (χ0v) is 20.0. The van der Waals surface area contributed by atoms with E-state index in [0.717, 1.165) is 5.56 Å². The highest BCUT2D eigenvalue weighted by Crippen LogP contribution is 2.35. The number of ether oxygens (including phenoxy) is 3. The lowest BCUT2D eigenvalue weighted by Gasteiger charge is -2.18. The minimum absolute atomic E-state index is 0.0528. The third-order valence-corrected chi connectivity index (χ3v) is 5.97. The number of aliphatic carboxylic acids is 1. The highest BCUT2D eigenvalue weighted by molar-refractivity contribution is 5.88. The summed E-state index contributed by atoms with van der Waals surface area (Å²) in [6.07, 6.45) is 1.38. The lowest BCUT2D eigenvalue weighted by Crippen LogP contribution is -2.44. The number of aromatic hydroxyl groups is 1. The Balaban J connectivity index is 1.31. The van der Waals surface area contributed by atoms with Crippen LogP contribution in [0.2, 0.25) is 0 Å². The molecule has 38 heavy (non-hydrogen) atoms. The van der Waals surface area contributed by atoms with E-state index in [-0.39, 0.29) is 28.7 Å². The van der Waals surface area contributed by atoms with E-state index < -0.39 is 35.7 Å². The van der Waals surface area contributed by atoms with Gasteiger partial charge in [0.05, 0.1) is 5.56 Å². The van der Waals surface area contributed by atoms with E-state index >= 15 is 0 Å². The number of amides is 1. The van der Waals surface area contributed by atoms with Crippen molar-refractivity contribution in [2.75, 3.05) is 19.8 Å². The molecule has 1 aromatic heterocycles. The summed E-state index contributed by atoms with van der Waals surface area (Å²) >= 11 is 0. The number of phenolic OH excluding ortho intramolecular Hbond substituents is 1. The number of benzene rings is 3. The van der Waals surface area contributed by atoms with Crippen LogP contribution in [0.3, 0.4) is 0 Å². The SMILES string of the molecule is O=C(COc1cc(O)c2c(=O)c(-c3ccc4c(c3)OCCO4)coc2c1)N[C@@H](Cc1ccccc1)C(=O)O. The number of phenols is 1. The first kappa shape index (κ1) is 24.7. The molecule has 0 bridgehead atoms. The molecule has 2 heterocycles. The van der Waals surface area contributed by atoms with E-state index in [9.17, 15) is 24.6 Å². The Kier molecular flexibility index (Phi) is 6.86. The first-order chi connectivity index (χ1) is 18.4. The summed E-state index contributed by atoms with van der Waals surface area (Å²) in [7, 11) is 0. The van der Waals surface area contributed by atoms with E-state index in [2.05, 4.69) is 5.32 Å². The molecule has 0 saturated carbocycles. The van der Waals surface area contributed by atoms with Gasteiger partial charge >= 0.3 is 5.97 Å². The van der Waals surface area contributed by atoms with Gasteiger partial charge in [-0.2, -0.15) is 0 Å². The normalized spacial score (nSPS) is 13.1. The molecule has 194 valence electrons. The number of nitrogens with one attached hydrogen (secondary N) is 1. The molecule has 0 unspecified atom stereocenters. The Labute approximate surface area is 216 Å². The maximum absolute atomic E-state index is 13.2. The molecule has 3 aromatic carbocycles. The standard InChI is InChI=1S/C28H23NO9/c30-21-12-18(37-15-25(31)29-20(28(33)34)10-16-4-2-1-3-5-16)13-24-26(21)27(32)19(14-38-24)17-6-7-22-23(11-17)36-9-8-35-22/h1-7,11-14,20,30H,8-10,15H2,(H,29,31)(H,33,34)/t20-/m0/s1. The van der Waals surface area contributed by atoms with Crippen LogP contribution in [-0.2, 0) is 16.0 Å². The highest BCUT2D eigenvalue weighted by atomic mass is 16.6. The number of carboxylic acid groups (broad SMARTS) is 1. The zero-order valence-electron chi connectivity index (χ0n) is 20.0. The molecule has 1 atom stereocenters. The highest BCUT2D eigenvalue weighted by Gasteiger charge is 2.21. The maximum atomic E-state index is 13.2. The summed E-state index contributed by atoms with van der Waals surface area (Å²) in [4.78, 5) is 37.1. The topological polar surface area (TPSA) is 145 Å². The molecule has 1 aliphatic rings. The van der Waals surface area contributed by atoms with Crippen LogP contribution >= 0.6 is 0 Å². The van der Waals surface area contributed by atoms with Gasteiger partial charge in [0.2, 0.25) is 5.43 Å². The van der Waals surface area contributed by atoms with Gasteiger partial charge in [-0.3, -0.25) is 9.59 Å². The molecule has 1 amide bonds. The Bertz CT molecular complexity index is 1560. The summed E-state index contributed by atoms with van der Waals surface area (Å²) in [5.74, 6) is -1.08. The molecule has 4 aromatic rings. The van der Waals surface area contributed by atoms with Gasteiger partial charge in [0.1, 0.15) is 48.0 Å². The Morgan fingerprint density at radius 2 is 1.76 bits per heavy atom. The molecular weight excluding hydrogens is 494 g/mol. The van der Waals surface area contributed by atoms with Crippen molar-refractivity contribution in [3.8, 4) is 34.1 Å². The predicted octanol–water partition coefficient (Wildman–Crippen LogP) is 3.13. The van der Waals surface area contributed by atoms with Crippen LogP contribution in [-0.4, -0.2) is 48.0 Å². The summed E-state index contributed by atoms with van der Waals surface area (Å²) in [6, 6.07) is 15.4. The fraction of sp³-hybridized carbons (Fsp3) is 0.179. The largest absolute Gasteiger partial charge is 0.507 e. The van der Waals surface area contributed by atoms with E-state index in [1.54, 1.807) is 42.5 Å². The van der Waals surface area contributed by atoms with Crippen molar-refractivity contribution in [2.45, 2.75) is 12.5 Å². The van der Waals surface area contributed by atoms with Crippen molar-refractivity contribution in [3.63, 3.8) is 0 Å². The first-order valence-corrected chi connectivity index (χ1v) is 11.8. The average molecular weight is 517 g/mol. The van der Waals surface area contributed by atoms with Crippen molar-refractivity contribution < 1.29 is 38.4 Å². The van der Waals surface area contributed by atoms with E-state index in [1.807, 2.05) is 6.07 Å². The molecule has 0 spiro atoms. The first-order valence-electron chi connectivity index (χ1n) is 11.8. The monoisotopic (exact) mass is 517 g/mol. The summed E-state index contributed by atoms with van der Waals surface area (Å²) in [5, 5.41) is 22.4. The van der Waals surface area contributed by atoms with Crippen molar-refractivity contribution in [2.24, 2.45) is 0 Å². The lowest BCUT2D eigenvalue weighted by atomic mass is 10.0. The number of hydrogen-bond donors (Lipinski definition) is 3. The van der Waals surface area contributed by atoms with Crippen LogP contribution < -0.4 is 25.0 Å². The summed E-state index contributed by atoms with van der Waals surface area (Å²) in [6.45, 7) is 0.329. The van der Waals surface area contributed by atoms with Crippen LogP contribution in [0.1, 0.15) is 5.56 Å². The third-order valence-electron chi connectivity index (χ3n) is 5.97. The summed E-state index contributed by atoms with van der Waals surface area (Å²) in [5.41, 5.74) is 1.10. The van der Waals surface area contributed by atoms with Crippen molar-refractivity contribution >= 4 is 22.8 Å². The van der Waals surface area contributed by atoms with E-state index in [4.69, 9.17) is 18.6 Å². The van der Waals surface area contributed by atoms with Gasteiger partial charge in [-0.25, -0.2) is 4.79 Å². The second-order valence-corrected chi connectivity index (χ2v) is 8.59. The van der Waals surface area contributed by atoms with Crippen LogP contribution in [0.5, 0.6) is 23.0 Å². The smallest absolute Gasteiger partial charge is 0.326 e. The van der Waals surface area contributed by atoms with Crippen LogP contribution in [0.4, 0.5) is 0 Å². The second kappa shape index (κ2) is 10.6. The number of carbonyl (C=O) groups excluding carboxylic acids is 1. The number of fused-ring (bicyclic) bond motifs is 2. The molecule has 10 nitrogen and oxygen atoms in total. The van der Waals surface area contributed by atoms with Crippen molar-refractivity contribution in [3.05, 3.63) is 82.7 Å². The van der Waals surface area contributed by atoms with E-state index in [1.165, 1.54) is 18.4 Å². The quantitative estimate of drug-likeness (QED) is 0.321. The van der Waals surface area contributed by atoms with Gasteiger partial charge in [0.25, 0.3) is 5.91 Å². The average Bonchev–Trinajstić information content (AvgIpc) is 2.92. The van der Waals surface area contributed by atoms with Crippen LogP contribution in [0, 0.1) is 0 Å². The van der Waals surface area contributed by atoms with Gasteiger partial charge in [-0.15, -0.1) is 0 Å². The van der Waals surface area contributed by atoms with Crippen LogP contribution in [0.25, 0.3) is 22.1 Å². The van der Waals surface area contributed by atoms with Crippen molar-refractivity contribution in [1.82, 2.24) is 5.32 Å². The summed E-state index contributed by atoms with van der Waals surface area (Å²) < 4.78 is 22.2. The molecule has 0 radical (unpaired) electrons. The Hall–Kier alpha value is -4.99. The molecule has 0 fully saturated rings. The van der Waals surface area contributed by atoms with E-state index in [0.29, 0.717) is 30.3 Å². The van der Waals surface area contributed by atoms with Gasteiger partial charge in [0.15, 0.2) is 18.1 Å². The number of carboxylic acids is 1. The molecule has 10 heteroatoms. The maximum Gasteiger partial charge on any atom is 0.326 e. The fourth-order valence-corrected chi connectivity index (χ4v) is 4.14. The Morgan fingerprint density at radius 1 is 1.00 bits per heavy atom. The predicted molar refractivity (Wildman–Crippen MR) is 136 cm³/mol. The third kappa shape index (κ3) is 5.24. The molecule has 0 saturated heterocycles. The zero-order chi connectivity index (χ0) is 26.6. The Morgan fingerprint density at radius 3 is 2.53 bits per heavy atom. The fourth-order valence-electron chi connectivity index (χ4n) is 4.14. The molecular formula is C28H23NO9. The van der Waals surface area contributed by atoms with Gasteiger partial charge in [0, 0.05) is 18.6 Å². The minimum Gasteiger partial charge on any atom is -0.507 e. The molecule has 3 N–H and O–H groups in total. The molecule has 1 aliphatic heterocycles. The molecule has 5 rings (SSSR count). The molecule has 0 aliphatic carbocycles.